The summed E-state index contributed by atoms with van der Waals surface area (Å²) in [6, 6.07) is 8.92. The summed E-state index contributed by atoms with van der Waals surface area (Å²) in [5, 5.41) is 8.88. The van der Waals surface area contributed by atoms with Crippen LogP contribution in [-0.4, -0.2) is 17.1 Å². The highest BCUT2D eigenvalue weighted by atomic mass is 16.5. The van der Waals surface area contributed by atoms with Gasteiger partial charge in [0.2, 0.25) is 5.95 Å². The number of nitrogens with zero attached hydrogens (tertiary/aromatic N) is 3. The number of methoxy groups -OCH3 is 1. The van der Waals surface area contributed by atoms with Crippen molar-refractivity contribution in [1.29, 1.82) is 5.26 Å². The lowest BCUT2D eigenvalue weighted by molar-refractivity contribution is 0.416. The summed E-state index contributed by atoms with van der Waals surface area (Å²) in [5.74, 6) is 0.828. The van der Waals surface area contributed by atoms with Crippen LogP contribution in [0.25, 0.3) is 11.3 Å². The summed E-state index contributed by atoms with van der Waals surface area (Å²) >= 11 is 0. The molecule has 0 atom stereocenters. The van der Waals surface area contributed by atoms with Crippen molar-refractivity contribution in [3.05, 3.63) is 36.0 Å². The largest absolute Gasteiger partial charge is 0.496 e. The Kier molecular flexibility index (Phi) is 2.88. The molecule has 0 bridgehead atoms. The number of aromatic nitrogens is 2. The molecule has 0 spiro atoms. The molecule has 84 valence electrons. The molecule has 0 saturated heterocycles. The van der Waals surface area contributed by atoms with E-state index in [-0.39, 0.29) is 5.95 Å². The summed E-state index contributed by atoms with van der Waals surface area (Å²) in [5.41, 5.74) is 7.42. The van der Waals surface area contributed by atoms with E-state index in [1.165, 1.54) is 0 Å². The van der Waals surface area contributed by atoms with Gasteiger partial charge < -0.3 is 10.5 Å². The van der Waals surface area contributed by atoms with Crippen molar-refractivity contribution in [2.45, 2.75) is 0 Å². The predicted molar refractivity (Wildman–Crippen MR) is 63.1 cm³/mol. The summed E-state index contributed by atoms with van der Waals surface area (Å²) in [7, 11) is 1.56. The molecule has 0 radical (unpaired) electrons. The van der Waals surface area contributed by atoms with Crippen LogP contribution >= 0.6 is 0 Å². The quantitative estimate of drug-likeness (QED) is 0.840. The topological polar surface area (TPSA) is 84.8 Å². The minimum Gasteiger partial charge on any atom is -0.496 e. The van der Waals surface area contributed by atoms with Crippen LogP contribution in [0.3, 0.4) is 0 Å². The van der Waals surface area contributed by atoms with E-state index in [1.54, 1.807) is 37.6 Å². The van der Waals surface area contributed by atoms with Crippen molar-refractivity contribution in [3.63, 3.8) is 0 Å². The van der Waals surface area contributed by atoms with Crippen LogP contribution in [0.2, 0.25) is 0 Å². The normalized spacial score (nSPS) is 9.65. The number of rotatable bonds is 2. The van der Waals surface area contributed by atoms with E-state index in [9.17, 15) is 0 Å². The van der Waals surface area contributed by atoms with E-state index in [4.69, 9.17) is 15.7 Å². The zero-order valence-corrected chi connectivity index (χ0v) is 9.21. The van der Waals surface area contributed by atoms with Crippen LogP contribution in [0.15, 0.2) is 30.5 Å². The third kappa shape index (κ3) is 2.16. The van der Waals surface area contributed by atoms with Gasteiger partial charge in [-0.25, -0.2) is 9.97 Å². The summed E-state index contributed by atoms with van der Waals surface area (Å²) < 4.78 is 5.23. The predicted octanol–water partition coefficient (Wildman–Crippen LogP) is 1.61. The molecule has 0 aliphatic rings. The molecule has 17 heavy (non-hydrogen) atoms. The molecular formula is C12H10N4O. The molecule has 0 aliphatic carbocycles. The van der Waals surface area contributed by atoms with E-state index in [1.807, 2.05) is 0 Å². The SMILES string of the molecule is COc1ccc(C#N)cc1-c1ccnc(N)n1. The summed E-state index contributed by atoms with van der Waals surface area (Å²) in [6.07, 6.45) is 1.57. The Labute approximate surface area is 98.5 Å². The van der Waals surface area contributed by atoms with Crippen molar-refractivity contribution in [2.24, 2.45) is 0 Å². The third-order valence-electron chi connectivity index (χ3n) is 2.28. The fourth-order valence-corrected chi connectivity index (χ4v) is 1.50. The lowest BCUT2D eigenvalue weighted by atomic mass is 10.1. The minimum absolute atomic E-state index is 0.187. The van der Waals surface area contributed by atoms with Crippen LogP contribution in [0.4, 0.5) is 5.95 Å². The first-order valence-electron chi connectivity index (χ1n) is 4.91. The Balaban J connectivity index is 2.61. The average Bonchev–Trinajstić information content (AvgIpc) is 2.38. The fraction of sp³-hybridized carbons (Fsp3) is 0.0833. The summed E-state index contributed by atoms with van der Waals surface area (Å²) in [4.78, 5) is 7.93. The zero-order valence-electron chi connectivity index (χ0n) is 9.21. The Morgan fingerprint density at radius 1 is 1.35 bits per heavy atom. The van der Waals surface area contributed by atoms with Gasteiger partial charge in [0.1, 0.15) is 5.75 Å². The molecule has 0 fully saturated rings. The van der Waals surface area contributed by atoms with Crippen molar-refractivity contribution >= 4 is 5.95 Å². The first-order chi connectivity index (χ1) is 8.24. The smallest absolute Gasteiger partial charge is 0.220 e. The number of benzene rings is 1. The second-order valence-corrected chi connectivity index (χ2v) is 3.33. The second-order valence-electron chi connectivity index (χ2n) is 3.33. The van der Waals surface area contributed by atoms with Crippen molar-refractivity contribution in [1.82, 2.24) is 9.97 Å². The number of anilines is 1. The number of nitrogens with two attached hydrogens (primary N) is 1. The van der Waals surface area contributed by atoms with Crippen LogP contribution < -0.4 is 10.5 Å². The van der Waals surface area contributed by atoms with E-state index in [2.05, 4.69) is 16.0 Å². The van der Waals surface area contributed by atoms with Crippen LogP contribution in [0, 0.1) is 11.3 Å². The Hall–Kier alpha value is -2.61. The molecule has 0 aliphatic heterocycles. The van der Waals surface area contributed by atoms with Gasteiger partial charge in [0.05, 0.1) is 24.4 Å². The molecule has 1 heterocycles. The molecule has 1 aromatic heterocycles. The molecule has 5 heteroatoms. The fourth-order valence-electron chi connectivity index (χ4n) is 1.50. The number of hydrogen-bond acceptors (Lipinski definition) is 5. The maximum absolute atomic E-state index is 8.88. The highest BCUT2D eigenvalue weighted by molar-refractivity contribution is 5.69. The lowest BCUT2D eigenvalue weighted by Crippen LogP contribution is -1.97. The van der Waals surface area contributed by atoms with E-state index < -0.39 is 0 Å². The molecule has 2 rings (SSSR count). The first kappa shape index (κ1) is 10.9. The molecular weight excluding hydrogens is 216 g/mol. The third-order valence-corrected chi connectivity index (χ3v) is 2.28. The molecule has 2 N–H and O–H groups in total. The van der Waals surface area contributed by atoms with Crippen molar-refractivity contribution in [3.8, 4) is 23.1 Å². The highest BCUT2D eigenvalue weighted by Gasteiger charge is 2.08. The zero-order chi connectivity index (χ0) is 12.3. The van der Waals surface area contributed by atoms with Gasteiger partial charge in [-0.1, -0.05) is 0 Å². The maximum Gasteiger partial charge on any atom is 0.220 e. The summed E-state index contributed by atoms with van der Waals surface area (Å²) in [6.45, 7) is 0. The van der Waals surface area contributed by atoms with Crippen LogP contribution in [0.5, 0.6) is 5.75 Å². The Morgan fingerprint density at radius 2 is 2.18 bits per heavy atom. The standard InChI is InChI=1S/C12H10N4O/c1-17-11-3-2-8(7-13)6-9(11)10-4-5-15-12(14)16-10/h2-6H,1H3,(H2,14,15,16). The van der Waals surface area contributed by atoms with Crippen molar-refractivity contribution in [2.75, 3.05) is 12.8 Å². The molecule has 0 saturated carbocycles. The number of hydrogen-bond donors (Lipinski definition) is 1. The van der Waals surface area contributed by atoms with Gasteiger partial charge in [0, 0.05) is 11.8 Å². The lowest BCUT2D eigenvalue weighted by Gasteiger charge is -2.08. The Bertz CT molecular complexity index is 589. The van der Waals surface area contributed by atoms with Crippen molar-refractivity contribution < 1.29 is 4.74 Å². The first-order valence-corrected chi connectivity index (χ1v) is 4.91. The minimum atomic E-state index is 0.187. The van der Waals surface area contributed by atoms with E-state index >= 15 is 0 Å². The van der Waals surface area contributed by atoms with Gasteiger partial charge >= 0.3 is 0 Å². The molecule has 2 aromatic rings. The molecule has 1 aromatic carbocycles. The molecule has 5 nitrogen and oxygen atoms in total. The van der Waals surface area contributed by atoms with E-state index in [0.717, 1.165) is 5.56 Å². The van der Waals surface area contributed by atoms with Gasteiger partial charge in [-0.3, -0.25) is 0 Å². The number of nitriles is 1. The Morgan fingerprint density at radius 3 is 2.82 bits per heavy atom. The average molecular weight is 226 g/mol. The highest BCUT2D eigenvalue weighted by Crippen LogP contribution is 2.29. The molecule has 0 amide bonds. The van der Waals surface area contributed by atoms with Gasteiger partial charge in [-0.05, 0) is 24.3 Å². The number of ether oxygens (including phenoxy) is 1. The monoisotopic (exact) mass is 226 g/mol. The second kappa shape index (κ2) is 4.49. The van der Waals surface area contributed by atoms with Crippen LogP contribution in [0.1, 0.15) is 5.56 Å². The van der Waals surface area contributed by atoms with Gasteiger partial charge in [-0.15, -0.1) is 0 Å². The van der Waals surface area contributed by atoms with E-state index in [0.29, 0.717) is 17.0 Å². The van der Waals surface area contributed by atoms with Gasteiger partial charge in [0.15, 0.2) is 0 Å². The van der Waals surface area contributed by atoms with Crippen LogP contribution in [-0.2, 0) is 0 Å². The van der Waals surface area contributed by atoms with Gasteiger partial charge in [0.25, 0.3) is 0 Å². The maximum atomic E-state index is 8.88. The molecule has 0 unspecified atom stereocenters. The number of nitrogen functional groups attached to an aromatic ring is 1. The van der Waals surface area contributed by atoms with Gasteiger partial charge in [-0.2, -0.15) is 5.26 Å².